The van der Waals surface area contributed by atoms with E-state index in [1.165, 1.54) is 5.52 Å². The summed E-state index contributed by atoms with van der Waals surface area (Å²) in [6.07, 6.45) is 0. The molecule has 0 atom stereocenters. The molecule has 4 aromatic rings. The van der Waals surface area contributed by atoms with Crippen LogP contribution in [0.25, 0.3) is 11.0 Å². The van der Waals surface area contributed by atoms with E-state index >= 15 is 0 Å². The van der Waals surface area contributed by atoms with Crippen LogP contribution in [0.2, 0.25) is 0 Å². The third-order valence-corrected chi connectivity index (χ3v) is 6.25. The number of imidazole rings is 1. The van der Waals surface area contributed by atoms with Crippen LogP contribution in [0.4, 0.5) is 5.69 Å². The molecule has 162 valence electrons. The topological polar surface area (TPSA) is 59.4 Å². The fourth-order valence-corrected chi connectivity index (χ4v) is 4.60. The molecule has 1 aromatic heterocycles. The second-order valence-electron chi connectivity index (χ2n) is 7.87. The first-order valence-corrected chi connectivity index (χ1v) is 11.3. The molecule has 0 aliphatic carbocycles. The lowest BCUT2D eigenvalue weighted by atomic mass is 10.1. The highest BCUT2D eigenvalue weighted by Gasteiger charge is 2.21. The van der Waals surface area contributed by atoms with E-state index in [-0.39, 0.29) is 5.91 Å². The van der Waals surface area contributed by atoms with Gasteiger partial charge in [0, 0.05) is 40.9 Å². The van der Waals surface area contributed by atoms with E-state index < -0.39 is 0 Å². The van der Waals surface area contributed by atoms with Gasteiger partial charge in [-0.25, -0.2) is 4.98 Å². The second kappa shape index (κ2) is 8.76. The first-order chi connectivity index (χ1) is 15.6. The van der Waals surface area contributed by atoms with E-state index in [9.17, 15) is 4.79 Å². The highest BCUT2D eigenvalue weighted by atomic mass is 79.9. The van der Waals surface area contributed by atoms with Crippen molar-refractivity contribution < 1.29 is 9.53 Å². The van der Waals surface area contributed by atoms with Gasteiger partial charge in [-0.3, -0.25) is 9.69 Å². The van der Waals surface area contributed by atoms with Gasteiger partial charge in [-0.1, -0.05) is 34.1 Å². The number of aromatic nitrogens is 2. The predicted molar refractivity (Wildman–Crippen MR) is 129 cm³/mol. The number of anilines is 1. The summed E-state index contributed by atoms with van der Waals surface area (Å²) in [5.74, 6) is 1.74. The Balaban J connectivity index is 1.34. The van der Waals surface area contributed by atoms with Crippen molar-refractivity contribution in [3.05, 3.63) is 88.2 Å². The van der Waals surface area contributed by atoms with Gasteiger partial charge < -0.3 is 14.6 Å². The van der Waals surface area contributed by atoms with E-state index in [2.05, 4.69) is 48.9 Å². The summed E-state index contributed by atoms with van der Waals surface area (Å²) in [5.41, 5.74) is 4.61. The first kappa shape index (κ1) is 20.7. The maximum Gasteiger partial charge on any atom is 0.255 e. The van der Waals surface area contributed by atoms with Gasteiger partial charge in [-0.2, -0.15) is 0 Å². The molecular formula is C25H23BrN4O2. The van der Waals surface area contributed by atoms with E-state index in [4.69, 9.17) is 9.72 Å². The van der Waals surface area contributed by atoms with Crippen molar-refractivity contribution in [3.8, 4) is 5.75 Å². The van der Waals surface area contributed by atoms with Crippen LogP contribution in [0.3, 0.4) is 0 Å². The maximum absolute atomic E-state index is 12.7. The second-order valence-corrected chi connectivity index (χ2v) is 8.79. The van der Waals surface area contributed by atoms with Crippen LogP contribution in [-0.2, 0) is 19.6 Å². The lowest BCUT2D eigenvalue weighted by molar-refractivity contribution is 0.102. The zero-order chi connectivity index (χ0) is 22.1. The third kappa shape index (κ3) is 4.13. The van der Waals surface area contributed by atoms with E-state index in [1.807, 2.05) is 36.4 Å². The standard InChI is InChI=1S/C25H23BrN4O2/c1-32-23-10-9-20(27-25(31)17-5-4-6-19(26)13-17)14-18(23)15-29-11-12-30-22-8-3-2-7-21(22)28-24(30)16-29/h2-10,13-14H,11-12,15-16H2,1H3,(H,27,31). The molecule has 0 radical (unpaired) electrons. The molecule has 0 bridgehead atoms. The van der Waals surface area contributed by atoms with Crippen molar-refractivity contribution in [1.82, 2.24) is 14.5 Å². The summed E-state index contributed by atoms with van der Waals surface area (Å²) in [6.45, 7) is 3.31. The summed E-state index contributed by atoms with van der Waals surface area (Å²) in [7, 11) is 1.67. The minimum Gasteiger partial charge on any atom is -0.496 e. The van der Waals surface area contributed by atoms with Crippen LogP contribution in [0.1, 0.15) is 21.7 Å². The minimum atomic E-state index is -0.144. The van der Waals surface area contributed by atoms with Crippen molar-refractivity contribution in [2.24, 2.45) is 0 Å². The number of carbonyl (C=O) groups is 1. The molecule has 0 fully saturated rings. The van der Waals surface area contributed by atoms with Gasteiger partial charge in [0.2, 0.25) is 0 Å². The average molecular weight is 491 g/mol. The molecule has 6 nitrogen and oxygen atoms in total. The lowest BCUT2D eigenvalue weighted by Crippen LogP contribution is -2.33. The van der Waals surface area contributed by atoms with Crippen LogP contribution in [0.5, 0.6) is 5.75 Å². The molecule has 1 aliphatic rings. The third-order valence-electron chi connectivity index (χ3n) is 5.76. The Labute approximate surface area is 195 Å². The number of ether oxygens (including phenoxy) is 1. The van der Waals surface area contributed by atoms with Crippen LogP contribution in [0, 0.1) is 0 Å². The quantitative estimate of drug-likeness (QED) is 0.423. The molecule has 0 saturated carbocycles. The van der Waals surface area contributed by atoms with Gasteiger partial charge in [0.05, 0.1) is 24.7 Å². The molecule has 32 heavy (non-hydrogen) atoms. The number of nitrogens with zero attached hydrogens (tertiary/aromatic N) is 3. The van der Waals surface area contributed by atoms with Crippen molar-refractivity contribution in [3.63, 3.8) is 0 Å². The zero-order valence-corrected chi connectivity index (χ0v) is 19.3. The lowest BCUT2D eigenvalue weighted by Gasteiger charge is -2.28. The number of para-hydroxylation sites is 2. The minimum absolute atomic E-state index is 0.144. The SMILES string of the molecule is COc1ccc(NC(=O)c2cccc(Br)c2)cc1CN1CCn2c(nc3ccccc32)C1. The van der Waals surface area contributed by atoms with Crippen molar-refractivity contribution in [2.45, 2.75) is 19.6 Å². The number of fused-ring (bicyclic) bond motifs is 3. The summed E-state index contributed by atoms with van der Waals surface area (Å²) in [6, 6.07) is 21.4. The molecule has 7 heteroatoms. The van der Waals surface area contributed by atoms with Gasteiger partial charge in [-0.15, -0.1) is 0 Å². The van der Waals surface area contributed by atoms with E-state index in [0.717, 1.165) is 52.4 Å². The number of methoxy groups -OCH3 is 1. The zero-order valence-electron chi connectivity index (χ0n) is 17.7. The van der Waals surface area contributed by atoms with Crippen LogP contribution in [-0.4, -0.2) is 34.0 Å². The number of halogens is 1. The molecule has 0 spiro atoms. The normalized spacial score (nSPS) is 13.7. The summed E-state index contributed by atoms with van der Waals surface area (Å²) in [5, 5.41) is 3.00. The monoisotopic (exact) mass is 490 g/mol. The smallest absolute Gasteiger partial charge is 0.255 e. The molecule has 0 saturated heterocycles. The number of carbonyl (C=O) groups excluding carboxylic acids is 1. The van der Waals surface area contributed by atoms with Crippen molar-refractivity contribution in [2.75, 3.05) is 19.0 Å². The Bertz CT molecular complexity index is 1300. The Morgan fingerprint density at radius 2 is 1.97 bits per heavy atom. The fourth-order valence-electron chi connectivity index (χ4n) is 4.20. The first-order valence-electron chi connectivity index (χ1n) is 10.5. The number of amides is 1. The van der Waals surface area contributed by atoms with Gasteiger partial charge in [0.25, 0.3) is 5.91 Å². The Hall–Kier alpha value is -3.16. The largest absolute Gasteiger partial charge is 0.496 e. The predicted octanol–water partition coefficient (Wildman–Crippen LogP) is 5.08. The maximum atomic E-state index is 12.7. The highest BCUT2D eigenvalue weighted by molar-refractivity contribution is 9.10. The number of nitrogens with one attached hydrogen (secondary N) is 1. The summed E-state index contributed by atoms with van der Waals surface area (Å²) in [4.78, 5) is 19.8. The van der Waals surface area contributed by atoms with Gasteiger partial charge >= 0.3 is 0 Å². The Morgan fingerprint density at radius 1 is 1.09 bits per heavy atom. The number of hydrogen-bond acceptors (Lipinski definition) is 4. The van der Waals surface area contributed by atoms with Crippen LogP contribution >= 0.6 is 15.9 Å². The molecular weight excluding hydrogens is 468 g/mol. The van der Waals surface area contributed by atoms with Crippen LogP contribution < -0.4 is 10.1 Å². The summed E-state index contributed by atoms with van der Waals surface area (Å²) < 4.78 is 8.77. The van der Waals surface area contributed by atoms with Gasteiger partial charge in [-0.05, 0) is 48.5 Å². The average Bonchev–Trinajstić information content (AvgIpc) is 3.17. The van der Waals surface area contributed by atoms with Crippen molar-refractivity contribution >= 4 is 38.6 Å². The van der Waals surface area contributed by atoms with Crippen LogP contribution in [0.15, 0.2) is 71.2 Å². The molecule has 2 heterocycles. The Morgan fingerprint density at radius 3 is 2.81 bits per heavy atom. The molecule has 1 aliphatic heterocycles. The fraction of sp³-hybridized carbons (Fsp3) is 0.200. The van der Waals surface area contributed by atoms with Gasteiger partial charge in [0.1, 0.15) is 11.6 Å². The molecule has 1 amide bonds. The number of benzene rings is 3. The van der Waals surface area contributed by atoms with E-state index in [0.29, 0.717) is 12.1 Å². The van der Waals surface area contributed by atoms with Gasteiger partial charge in [0.15, 0.2) is 0 Å². The Kier molecular flexibility index (Phi) is 5.68. The molecule has 3 aromatic carbocycles. The van der Waals surface area contributed by atoms with E-state index in [1.54, 1.807) is 19.2 Å². The van der Waals surface area contributed by atoms with Crippen molar-refractivity contribution in [1.29, 1.82) is 0 Å². The number of hydrogen-bond donors (Lipinski definition) is 1. The molecule has 1 N–H and O–H groups in total. The molecule has 0 unspecified atom stereocenters. The number of rotatable bonds is 5. The summed E-state index contributed by atoms with van der Waals surface area (Å²) >= 11 is 3.42. The highest BCUT2D eigenvalue weighted by Crippen LogP contribution is 2.27. The molecule has 5 rings (SSSR count).